The maximum absolute atomic E-state index is 11.8. The molecule has 0 saturated carbocycles. The van der Waals surface area contributed by atoms with E-state index < -0.39 is 10.9 Å². The molecule has 0 aliphatic carbocycles. The highest BCUT2D eigenvalue weighted by Crippen LogP contribution is 2.24. The number of benzene rings is 2. The molecule has 0 fully saturated rings. The van der Waals surface area contributed by atoms with Crippen LogP contribution in [0.3, 0.4) is 0 Å². The van der Waals surface area contributed by atoms with Crippen LogP contribution in [0.2, 0.25) is 0 Å². The van der Waals surface area contributed by atoms with Crippen molar-refractivity contribution in [2.45, 2.75) is 6.92 Å². The summed E-state index contributed by atoms with van der Waals surface area (Å²) < 4.78 is 4.88. The SMILES string of the molecule is CCOC(=O)c1cc(Nc2ccccc2)cc([N+](=O)[O-])c1. The molecule has 0 radical (unpaired) electrons. The van der Waals surface area contributed by atoms with Crippen LogP contribution < -0.4 is 5.32 Å². The number of nitro benzene ring substituents is 1. The maximum Gasteiger partial charge on any atom is 0.338 e. The van der Waals surface area contributed by atoms with Crippen molar-refractivity contribution in [2.75, 3.05) is 11.9 Å². The average Bonchev–Trinajstić information content (AvgIpc) is 2.48. The molecule has 1 N–H and O–H groups in total. The topological polar surface area (TPSA) is 81.5 Å². The van der Waals surface area contributed by atoms with E-state index in [4.69, 9.17) is 4.74 Å². The van der Waals surface area contributed by atoms with Crippen LogP contribution in [0.5, 0.6) is 0 Å². The number of nitrogens with one attached hydrogen (secondary N) is 1. The molecule has 6 nitrogen and oxygen atoms in total. The van der Waals surface area contributed by atoms with Crippen molar-refractivity contribution < 1.29 is 14.5 Å². The zero-order valence-corrected chi connectivity index (χ0v) is 11.4. The minimum Gasteiger partial charge on any atom is -0.462 e. The largest absolute Gasteiger partial charge is 0.462 e. The van der Waals surface area contributed by atoms with Crippen molar-refractivity contribution in [3.05, 3.63) is 64.2 Å². The van der Waals surface area contributed by atoms with Crippen LogP contribution in [0, 0.1) is 10.1 Å². The Morgan fingerprint density at radius 1 is 1.19 bits per heavy atom. The molecule has 0 saturated heterocycles. The number of esters is 1. The van der Waals surface area contributed by atoms with Crippen LogP contribution in [0.25, 0.3) is 0 Å². The molecule has 0 aliphatic rings. The Labute approximate surface area is 121 Å². The monoisotopic (exact) mass is 286 g/mol. The quantitative estimate of drug-likeness (QED) is 0.516. The molecular weight excluding hydrogens is 272 g/mol. The van der Waals surface area contributed by atoms with Gasteiger partial charge in [0.2, 0.25) is 0 Å². The van der Waals surface area contributed by atoms with Crippen LogP contribution in [-0.4, -0.2) is 17.5 Å². The van der Waals surface area contributed by atoms with Gasteiger partial charge in [0.05, 0.1) is 17.1 Å². The number of non-ortho nitro benzene ring substituents is 1. The van der Waals surface area contributed by atoms with Crippen molar-refractivity contribution in [3.63, 3.8) is 0 Å². The van der Waals surface area contributed by atoms with Gasteiger partial charge in [0.1, 0.15) is 0 Å². The summed E-state index contributed by atoms with van der Waals surface area (Å²) in [7, 11) is 0. The van der Waals surface area contributed by atoms with E-state index in [1.165, 1.54) is 18.2 Å². The van der Waals surface area contributed by atoms with Gasteiger partial charge in [-0.25, -0.2) is 4.79 Å². The van der Waals surface area contributed by atoms with Gasteiger partial charge in [-0.15, -0.1) is 0 Å². The van der Waals surface area contributed by atoms with Crippen LogP contribution in [-0.2, 0) is 4.74 Å². The van der Waals surface area contributed by atoms with Gasteiger partial charge in [0.15, 0.2) is 0 Å². The van der Waals surface area contributed by atoms with Gasteiger partial charge in [-0.2, -0.15) is 0 Å². The summed E-state index contributed by atoms with van der Waals surface area (Å²) in [6, 6.07) is 13.3. The summed E-state index contributed by atoms with van der Waals surface area (Å²) in [6.07, 6.45) is 0. The van der Waals surface area contributed by atoms with Gasteiger partial charge in [-0.3, -0.25) is 10.1 Å². The molecular formula is C15H14N2O4. The third-order valence-electron chi connectivity index (χ3n) is 2.70. The summed E-state index contributed by atoms with van der Waals surface area (Å²) >= 11 is 0. The lowest BCUT2D eigenvalue weighted by atomic mass is 10.1. The highest BCUT2D eigenvalue weighted by Gasteiger charge is 2.15. The average molecular weight is 286 g/mol. The molecule has 0 aliphatic heterocycles. The van der Waals surface area contributed by atoms with E-state index in [0.29, 0.717) is 5.69 Å². The summed E-state index contributed by atoms with van der Waals surface area (Å²) in [5, 5.41) is 14.0. The predicted molar refractivity (Wildman–Crippen MR) is 78.8 cm³/mol. The summed E-state index contributed by atoms with van der Waals surface area (Å²) in [5.74, 6) is -0.586. The van der Waals surface area contributed by atoms with Gasteiger partial charge in [-0.1, -0.05) is 18.2 Å². The van der Waals surface area contributed by atoms with E-state index >= 15 is 0 Å². The van der Waals surface area contributed by atoms with Gasteiger partial charge in [0, 0.05) is 23.5 Å². The molecule has 0 heterocycles. The lowest BCUT2D eigenvalue weighted by Gasteiger charge is -2.08. The van der Waals surface area contributed by atoms with Crippen molar-refractivity contribution in [3.8, 4) is 0 Å². The molecule has 0 atom stereocenters. The van der Waals surface area contributed by atoms with E-state index in [1.807, 2.05) is 30.3 Å². The Morgan fingerprint density at radius 3 is 2.52 bits per heavy atom. The summed E-state index contributed by atoms with van der Waals surface area (Å²) in [5.41, 5.74) is 1.20. The number of hydrogen-bond acceptors (Lipinski definition) is 5. The highest BCUT2D eigenvalue weighted by molar-refractivity contribution is 5.91. The van der Waals surface area contributed by atoms with Gasteiger partial charge < -0.3 is 10.1 Å². The van der Waals surface area contributed by atoms with Crippen molar-refractivity contribution >= 4 is 23.0 Å². The fourth-order valence-corrected chi connectivity index (χ4v) is 1.81. The van der Waals surface area contributed by atoms with Gasteiger partial charge >= 0.3 is 5.97 Å². The molecule has 21 heavy (non-hydrogen) atoms. The smallest absolute Gasteiger partial charge is 0.338 e. The van der Waals surface area contributed by atoms with Gasteiger partial charge in [0.25, 0.3) is 5.69 Å². The Bertz CT molecular complexity index is 656. The Kier molecular flexibility index (Phi) is 4.50. The summed E-state index contributed by atoms with van der Waals surface area (Å²) in [6.45, 7) is 1.89. The number of hydrogen-bond donors (Lipinski definition) is 1. The number of carbonyl (C=O) groups excluding carboxylic acids is 1. The fraction of sp³-hybridized carbons (Fsp3) is 0.133. The normalized spacial score (nSPS) is 9.95. The second-order valence-electron chi connectivity index (χ2n) is 4.24. The van der Waals surface area contributed by atoms with E-state index in [-0.39, 0.29) is 17.9 Å². The Hall–Kier alpha value is -2.89. The molecule has 108 valence electrons. The molecule has 6 heteroatoms. The number of ether oxygens (including phenoxy) is 1. The van der Waals surface area contributed by atoms with Crippen molar-refractivity contribution in [1.82, 2.24) is 0 Å². The Balaban J connectivity index is 2.36. The third kappa shape index (κ3) is 3.79. The minimum absolute atomic E-state index is 0.143. The first-order valence-electron chi connectivity index (χ1n) is 6.39. The minimum atomic E-state index is -0.586. The first-order valence-corrected chi connectivity index (χ1v) is 6.39. The first kappa shape index (κ1) is 14.5. The zero-order valence-electron chi connectivity index (χ0n) is 11.4. The number of nitrogens with zero attached hydrogens (tertiary/aromatic N) is 1. The standard InChI is InChI=1S/C15H14N2O4/c1-2-21-15(18)11-8-13(10-14(9-11)17(19)20)16-12-6-4-3-5-7-12/h3-10,16H,2H2,1H3. The number of para-hydroxylation sites is 1. The number of nitro groups is 1. The van der Waals surface area contributed by atoms with Crippen LogP contribution in [0.15, 0.2) is 48.5 Å². The second-order valence-corrected chi connectivity index (χ2v) is 4.24. The number of rotatable bonds is 5. The second kappa shape index (κ2) is 6.51. The van der Waals surface area contributed by atoms with E-state index in [9.17, 15) is 14.9 Å². The third-order valence-corrected chi connectivity index (χ3v) is 2.70. The van der Waals surface area contributed by atoms with Gasteiger partial charge in [-0.05, 0) is 25.1 Å². The molecule has 2 aromatic carbocycles. The van der Waals surface area contributed by atoms with E-state index in [2.05, 4.69) is 5.32 Å². The lowest BCUT2D eigenvalue weighted by Crippen LogP contribution is -2.06. The van der Waals surface area contributed by atoms with Crippen LogP contribution in [0.4, 0.5) is 17.1 Å². The first-order chi connectivity index (χ1) is 10.1. The maximum atomic E-state index is 11.8. The zero-order chi connectivity index (χ0) is 15.2. The van der Waals surface area contributed by atoms with E-state index in [0.717, 1.165) is 5.69 Å². The fourth-order valence-electron chi connectivity index (χ4n) is 1.81. The molecule has 0 amide bonds. The number of carbonyl (C=O) groups is 1. The lowest BCUT2D eigenvalue weighted by molar-refractivity contribution is -0.384. The van der Waals surface area contributed by atoms with E-state index in [1.54, 1.807) is 6.92 Å². The highest BCUT2D eigenvalue weighted by atomic mass is 16.6. The molecule has 0 unspecified atom stereocenters. The van der Waals surface area contributed by atoms with Crippen molar-refractivity contribution in [1.29, 1.82) is 0 Å². The molecule has 2 aromatic rings. The molecule has 0 spiro atoms. The summed E-state index contributed by atoms with van der Waals surface area (Å²) in [4.78, 5) is 22.2. The molecule has 2 rings (SSSR count). The molecule has 0 aromatic heterocycles. The van der Waals surface area contributed by atoms with Crippen molar-refractivity contribution in [2.24, 2.45) is 0 Å². The predicted octanol–water partition coefficient (Wildman–Crippen LogP) is 3.52. The Morgan fingerprint density at radius 2 is 1.90 bits per heavy atom. The van der Waals surface area contributed by atoms with Crippen LogP contribution in [0.1, 0.15) is 17.3 Å². The van der Waals surface area contributed by atoms with Crippen LogP contribution >= 0.6 is 0 Å². The number of anilines is 2. The molecule has 0 bridgehead atoms.